The first kappa shape index (κ1) is 23.8. The SMILES string of the molecule is O=C(Nc1nn(Cc2ccc(Cl)cc2)cc1Cl)c1ccc(Cn2nc(C(F)F)cc2C(F)F)o1. The van der Waals surface area contributed by atoms with Gasteiger partial charge in [-0.05, 0) is 35.9 Å². The number of alkyl halides is 4. The monoisotopic (exact) mass is 515 g/mol. The molecule has 34 heavy (non-hydrogen) atoms. The van der Waals surface area contributed by atoms with Crippen molar-refractivity contribution in [2.75, 3.05) is 5.32 Å². The number of nitrogens with zero attached hydrogens (tertiary/aromatic N) is 4. The first-order chi connectivity index (χ1) is 16.2. The third-order valence-corrected chi connectivity index (χ3v) is 5.20. The number of carbonyl (C=O) groups is 1. The zero-order valence-electron chi connectivity index (χ0n) is 17.1. The number of furan rings is 1. The third-order valence-electron chi connectivity index (χ3n) is 4.67. The minimum atomic E-state index is -3.01. The van der Waals surface area contributed by atoms with Crippen LogP contribution < -0.4 is 5.32 Å². The molecule has 1 amide bonds. The summed E-state index contributed by atoms with van der Waals surface area (Å²) in [5.74, 6) is -0.687. The maximum Gasteiger partial charge on any atom is 0.292 e. The average molecular weight is 516 g/mol. The Balaban J connectivity index is 1.44. The molecule has 3 aromatic heterocycles. The second kappa shape index (κ2) is 9.90. The Kier molecular flexibility index (Phi) is 6.94. The first-order valence-corrected chi connectivity index (χ1v) is 10.5. The fourth-order valence-electron chi connectivity index (χ4n) is 3.10. The number of hydrogen-bond donors (Lipinski definition) is 1. The van der Waals surface area contributed by atoms with E-state index in [0.29, 0.717) is 22.3 Å². The number of hydrogen-bond acceptors (Lipinski definition) is 4. The Morgan fingerprint density at radius 2 is 1.74 bits per heavy atom. The number of carbonyl (C=O) groups excluding carboxylic acids is 1. The zero-order valence-corrected chi connectivity index (χ0v) is 18.6. The van der Waals surface area contributed by atoms with Crippen molar-refractivity contribution in [3.63, 3.8) is 0 Å². The van der Waals surface area contributed by atoms with Gasteiger partial charge in [0.2, 0.25) is 0 Å². The number of halogens is 6. The van der Waals surface area contributed by atoms with Crippen LogP contribution in [-0.4, -0.2) is 25.5 Å². The van der Waals surface area contributed by atoms with E-state index in [-0.39, 0.29) is 28.9 Å². The molecule has 0 atom stereocenters. The van der Waals surface area contributed by atoms with Gasteiger partial charge in [-0.2, -0.15) is 10.2 Å². The van der Waals surface area contributed by atoms with Gasteiger partial charge in [0.15, 0.2) is 11.6 Å². The van der Waals surface area contributed by atoms with Crippen molar-refractivity contribution in [1.82, 2.24) is 19.6 Å². The second-order valence-electron chi connectivity index (χ2n) is 7.12. The molecule has 178 valence electrons. The van der Waals surface area contributed by atoms with Gasteiger partial charge in [-0.25, -0.2) is 17.6 Å². The van der Waals surface area contributed by atoms with Crippen molar-refractivity contribution >= 4 is 34.9 Å². The van der Waals surface area contributed by atoms with Crippen molar-refractivity contribution in [1.29, 1.82) is 0 Å². The molecular weight excluding hydrogens is 501 g/mol. The van der Waals surface area contributed by atoms with Crippen LogP contribution in [0.15, 0.2) is 53.1 Å². The molecule has 0 bridgehead atoms. The van der Waals surface area contributed by atoms with E-state index in [4.69, 9.17) is 27.6 Å². The van der Waals surface area contributed by atoms with Crippen molar-refractivity contribution in [3.8, 4) is 0 Å². The molecule has 0 aliphatic rings. The van der Waals surface area contributed by atoms with E-state index in [2.05, 4.69) is 15.5 Å². The molecule has 0 saturated heterocycles. The topological polar surface area (TPSA) is 77.9 Å². The molecule has 0 aliphatic heterocycles. The lowest BCUT2D eigenvalue weighted by molar-refractivity contribution is 0.0993. The van der Waals surface area contributed by atoms with Gasteiger partial charge in [0, 0.05) is 11.2 Å². The number of benzene rings is 1. The van der Waals surface area contributed by atoms with Crippen molar-refractivity contribution in [2.45, 2.75) is 25.9 Å². The Labute approximate surface area is 199 Å². The Morgan fingerprint density at radius 1 is 1.00 bits per heavy atom. The lowest BCUT2D eigenvalue weighted by atomic mass is 10.2. The highest BCUT2D eigenvalue weighted by molar-refractivity contribution is 6.33. The minimum Gasteiger partial charge on any atom is -0.454 e. The number of nitrogens with one attached hydrogen (secondary N) is 1. The van der Waals surface area contributed by atoms with Crippen molar-refractivity contribution in [3.05, 3.63) is 87.2 Å². The maximum absolute atomic E-state index is 13.2. The van der Waals surface area contributed by atoms with E-state index < -0.39 is 30.1 Å². The molecule has 3 heterocycles. The van der Waals surface area contributed by atoms with Gasteiger partial charge in [-0.1, -0.05) is 35.3 Å². The van der Waals surface area contributed by atoms with Crippen LogP contribution in [-0.2, 0) is 13.1 Å². The van der Waals surface area contributed by atoms with Crippen LogP contribution in [0.4, 0.5) is 23.4 Å². The minimum absolute atomic E-state index is 0.0651. The fraction of sp³-hybridized carbons (Fsp3) is 0.190. The predicted octanol–water partition coefficient (Wildman–Crippen LogP) is 6.20. The lowest BCUT2D eigenvalue weighted by Crippen LogP contribution is -2.12. The molecule has 1 N–H and O–H groups in total. The lowest BCUT2D eigenvalue weighted by Gasteiger charge is -2.04. The number of rotatable bonds is 8. The summed E-state index contributed by atoms with van der Waals surface area (Å²) in [4.78, 5) is 12.5. The standard InChI is InChI=1S/C21H15Cl2F4N5O2/c22-12-3-1-11(2-4-12)8-31-10-14(23)20(30-31)28-21(33)17-6-5-13(34-17)9-32-16(19(26)27)7-15(29-32)18(24)25/h1-7,10,18-19H,8-9H2,(H,28,30,33). The molecule has 0 radical (unpaired) electrons. The summed E-state index contributed by atoms with van der Waals surface area (Å²) in [6.45, 7) is 0.0186. The molecule has 13 heteroatoms. The highest BCUT2D eigenvalue weighted by atomic mass is 35.5. The van der Waals surface area contributed by atoms with E-state index in [0.717, 1.165) is 5.56 Å². The van der Waals surface area contributed by atoms with Crippen LogP contribution in [0, 0.1) is 0 Å². The van der Waals surface area contributed by atoms with E-state index >= 15 is 0 Å². The molecule has 0 spiro atoms. The third kappa shape index (κ3) is 5.42. The van der Waals surface area contributed by atoms with Crippen molar-refractivity contribution in [2.24, 2.45) is 0 Å². The molecule has 0 unspecified atom stereocenters. The Hall–Kier alpha value is -3.31. The second-order valence-corrected chi connectivity index (χ2v) is 7.97. The summed E-state index contributed by atoms with van der Waals surface area (Å²) in [5.41, 5.74) is -0.548. The van der Waals surface area contributed by atoms with Crippen LogP contribution in [0.3, 0.4) is 0 Å². The summed E-state index contributed by atoms with van der Waals surface area (Å²) in [5, 5.41) is 11.0. The number of aromatic nitrogens is 4. The van der Waals surface area contributed by atoms with Gasteiger partial charge >= 0.3 is 0 Å². The highest BCUT2D eigenvalue weighted by Gasteiger charge is 2.22. The Morgan fingerprint density at radius 3 is 2.41 bits per heavy atom. The normalized spacial score (nSPS) is 11.5. The predicted molar refractivity (Wildman–Crippen MR) is 116 cm³/mol. The zero-order chi connectivity index (χ0) is 24.4. The van der Waals surface area contributed by atoms with Crippen LogP contribution in [0.5, 0.6) is 0 Å². The maximum atomic E-state index is 13.2. The van der Waals surface area contributed by atoms with Crippen LogP contribution >= 0.6 is 23.2 Å². The summed E-state index contributed by atoms with van der Waals surface area (Å²) >= 11 is 12.0. The summed E-state index contributed by atoms with van der Waals surface area (Å²) < 4.78 is 59.6. The van der Waals surface area contributed by atoms with E-state index in [1.807, 2.05) is 12.1 Å². The Bertz CT molecular complexity index is 1300. The molecule has 4 aromatic rings. The smallest absolute Gasteiger partial charge is 0.292 e. The molecule has 0 fully saturated rings. The van der Waals surface area contributed by atoms with Gasteiger partial charge in [0.25, 0.3) is 18.8 Å². The largest absolute Gasteiger partial charge is 0.454 e. The molecule has 4 rings (SSSR count). The molecule has 1 aromatic carbocycles. The van der Waals surface area contributed by atoms with Gasteiger partial charge in [0.1, 0.15) is 22.2 Å². The van der Waals surface area contributed by atoms with E-state index in [9.17, 15) is 22.4 Å². The van der Waals surface area contributed by atoms with Crippen LogP contribution in [0.25, 0.3) is 0 Å². The average Bonchev–Trinajstić information content (AvgIpc) is 3.50. The van der Waals surface area contributed by atoms with E-state index in [1.165, 1.54) is 23.0 Å². The molecule has 7 nitrogen and oxygen atoms in total. The number of anilines is 1. The quantitative estimate of drug-likeness (QED) is 0.283. The van der Waals surface area contributed by atoms with Gasteiger partial charge < -0.3 is 9.73 Å². The highest BCUT2D eigenvalue weighted by Crippen LogP contribution is 2.26. The van der Waals surface area contributed by atoms with Crippen LogP contribution in [0.1, 0.15) is 46.1 Å². The first-order valence-electron chi connectivity index (χ1n) is 9.71. The molecular formula is C21H15Cl2F4N5O2. The summed E-state index contributed by atoms with van der Waals surface area (Å²) in [6, 6.07) is 10.4. The fourth-order valence-corrected chi connectivity index (χ4v) is 3.43. The molecule has 0 aliphatic carbocycles. The van der Waals surface area contributed by atoms with Crippen LogP contribution in [0.2, 0.25) is 10.0 Å². The van der Waals surface area contributed by atoms with Gasteiger partial charge in [-0.3, -0.25) is 14.2 Å². The van der Waals surface area contributed by atoms with Crippen molar-refractivity contribution < 1.29 is 26.8 Å². The van der Waals surface area contributed by atoms with Gasteiger partial charge in [-0.15, -0.1) is 0 Å². The van der Waals surface area contributed by atoms with E-state index in [1.54, 1.807) is 12.1 Å². The number of amides is 1. The molecule has 0 saturated carbocycles. The van der Waals surface area contributed by atoms with Gasteiger partial charge in [0.05, 0.1) is 13.1 Å². The summed E-state index contributed by atoms with van der Waals surface area (Å²) in [6.07, 6.45) is -4.48. The summed E-state index contributed by atoms with van der Waals surface area (Å²) in [7, 11) is 0.